The van der Waals surface area contributed by atoms with E-state index in [2.05, 4.69) is 23.5 Å². The molecule has 0 aromatic heterocycles. The van der Waals surface area contributed by atoms with Gasteiger partial charge in [-0.15, -0.1) is 0 Å². The maximum absolute atomic E-state index is 11.0. The highest BCUT2D eigenvalue weighted by atomic mass is 16.5. The van der Waals surface area contributed by atoms with Gasteiger partial charge in [-0.2, -0.15) is 0 Å². The number of ether oxygens (including phenoxy) is 1. The van der Waals surface area contributed by atoms with Gasteiger partial charge in [-0.1, -0.05) is 6.92 Å². The number of nitrogens with zero attached hydrogens (tertiary/aromatic N) is 1. The van der Waals surface area contributed by atoms with Crippen LogP contribution in [0, 0.1) is 5.92 Å². The Morgan fingerprint density at radius 2 is 2.14 bits per heavy atom. The first-order valence-electron chi connectivity index (χ1n) is 5.44. The Labute approximate surface area is 86.4 Å². The molecule has 0 bridgehead atoms. The Kier molecular flexibility index (Phi) is 4.39. The average Bonchev–Trinajstić information content (AvgIpc) is 2.19. The van der Waals surface area contributed by atoms with E-state index in [4.69, 9.17) is 0 Å². The van der Waals surface area contributed by atoms with Crippen molar-refractivity contribution < 1.29 is 9.53 Å². The van der Waals surface area contributed by atoms with Gasteiger partial charge in [0, 0.05) is 19.1 Å². The molecule has 0 aromatic carbocycles. The van der Waals surface area contributed by atoms with Crippen LogP contribution in [0.15, 0.2) is 0 Å². The zero-order valence-corrected chi connectivity index (χ0v) is 9.45. The number of likely N-dealkylation sites (tertiary alicyclic amines) is 1. The molecule has 0 N–H and O–H groups in total. The zero-order valence-electron chi connectivity index (χ0n) is 9.45. The molecule has 0 radical (unpaired) electrons. The first-order valence-corrected chi connectivity index (χ1v) is 5.44. The van der Waals surface area contributed by atoms with Crippen LogP contribution >= 0.6 is 0 Å². The first-order chi connectivity index (χ1) is 6.63. The van der Waals surface area contributed by atoms with E-state index >= 15 is 0 Å². The molecule has 0 amide bonds. The molecule has 2 atom stereocenters. The summed E-state index contributed by atoms with van der Waals surface area (Å²) in [4.78, 5) is 13.4. The van der Waals surface area contributed by atoms with Gasteiger partial charge >= 0.3 is 5.97 Å². The molecular formula is C11H21NO2. The van der Waals surface area contributed by atoms with Crippen molar-refractivity contribution in [2.75, 3.05) is 20.2 Å². The van der Waals surface area contributed by atoms with E-state index in [1.54, 1.807) is 0 Å². The van der Waals surface area contributed by atoms with E-state index in [1.165, 1.54) is 20.0 Å². The fraction of sp³-hybridized carbons (Fsp3) is 0.909. The molecule has 2 unspecified atom stereocenters. The molecule has 3 nitrogen and oxygen atoms in total. The van der Waals surface area contributed by atoms with Gasteiger partial charge in [0.1, 0.15) is 0 Å². The van der Waals surface area contributed by atoms with Crippen molar-refractivity contribution >= 4 is 5.97 Å². The third-order valence-electron chi connectivity index (χ3n) is 3.08. The summed E-state index contributed by atoms with van der Waals surface area (Å²) in [6.07, 6.45) is 3.09. The normalized spacial score (nSPS) is 28.8. The molecule has 1 aliphatic heterocycles. The minimum absolute atomic E-state index is 0.101. The highest BCUT2D eigenvalue weighted by Crippen LogP contribution is 2.21. The van der Waals surface area contributed by atoms with E-state index in [1.807, 2.05) is 0 Å². The monoisotopic (exact) mass is 199 g/mol. The van der Waals surface area contributed by atoms with Gasteiger partial charge < -0.3 is 4.74 Å². The number of esters is 1. The fourth-order valence-corrected chi connectivity index (χ4v) is 2.03. The van der Waals surface area contributed by atoms with Gasteiger partial charge in [-0.3, -0.25) is 9.69 Å². The van der Waals surface area contributed by atoms with E-state index in [-0.39, 0.29) is 5.97 Å². The number of carbonyl (C=O) groups excluding carboxylic acids is 1. The molecule has 1 fully saturated rings. The van der Waals surface area contributed by atoms with E-state index in [0.29, 0.717) is 12.5 Å². The second kappa shape index (κ2) is 5.35. The summed E-state index contributed by atoms with van der Waals surface area (Å²) < 4.78 is 4.64. The third kappa shape index (κ3) is 3.29. The summed E-state index contributed by atoms with van der Waals surface area (Å²) in [5.74, 6) is 0.666. The van der Waals surface area contributed by atoms with Crippen molar-refractivity contribution in [2.45, 2.75) is 39.2 Å². The van der Waals surface area contributed by atoms with Crippen LogP contribution in [0.2, 0.25) is 0 Å². The van der Waals surface area contributed by atoms with Crippen molar-refractivity contribution in [3.05, 3.63) is 0 Å². The molecule has 1 heterocycles. The van der Waals surface area contributed by atoms with Gasteiger partial charge in [0.15, 0.2) is 0 Å². The maximum Gasteiger partial charge on any atom is 0.306 e. The number of piperidine rings is 1. The van der Waals surface area contributed by atoms with Crippen molar-refractivity contribution in [1.29, 1.82) is 0 Å². The van der Waals surface area contributed by atoms with E-state index in [0.717, 1.165) is 19.0 Å². The fourth-order valence-electron chi connectivity index (χ4n) is 2.03. The van der Waals surface area contributed by atoms with Crippen molar-refractivity contribution in [3.8, 4) is 0 Å². The van der Waals surface area contributed by atoms with Crippen LogP contribution in [-0.2, 0) is 9.53 Å². The van der Waals surface area contributed by atoms with Crippen LogP contribution in [0.5, 0.6) is 0 Å². The smallest absolute Gasteiger partial charge is 0.306 e. The van der Waals surface area contributed by atoms with Gasteiger partial charge in [0.05, 0.1) is 13.5 Å². The Morgan fingerprint density at radius 1 is 1.43 bits per heavy atom. The summed E-state index contributed by atoms with van der Waals surface area (Å²) >= 11 is 0. The Balaban J connectivity index is 2.30. The molecule has 1 aliphatic rings. The second-order valence-corrected chi connectivity index (χ2v) is 4.35. The second-order valence-electron chi connectivity index (χ2n) is 4.35. The summed E-state index contributed by atoms with van der Waals surface area (Å²) in [6.45, 7) is 6.48. The lowest BCUT2D eigenvalue weighted by atomic mass is 9.95. The molecule has 82 valence electrons. The van der Waals surface area contributed by atoms with Crippen LogP contribution in [0.3, 0.4) is 0 Å². The lowest BCUT2D eigenvalue weighted by Crippen LogP contribution is -2.42. The Morgan fingerprint density at radius 3 is 2.79 bits per heavy atom. The SMILES string of the molecule is COC(=O)CCN1CC(C)CCC1C. The minimum atomic E-state index is -0.101. The van der Waals surface area contributed by atoms with Gasteiger partial charge in [-0.25, -0.2) is 0 Å². The largest absolute Gasteiger partial charge is 0.469 e. The average molecular weight is 199 g/mol. The standard InChI is InChI=1S/C11H21NO2/c1-9-4-5-10(2)12(8-9)7-6-11(13)14-3/h9-10H,4-8H2,1-3H3. The van der Waals surface area contributed by atoms with Crippen molar-refractivity contribution in [3.63, 3.8) is 0 Å². The van der Waals surface area contributed by atoms with Crippen LogP contribution in [-0.4, -0.2) is 37.1 Å². The number of hydrogen-bond acceptors (Lipinski definition) is 3. The molecule has 1 saturated heterocycles. The highest BCUT2D eigenvalue weighted by Gasteiger charge is 2.22. The molecule has 0 saturated carbocycles. The molecule has 3 heteroatoms. The molecule has 0 aromatic rings. The van der Waals surface area contributed by atoms with Crippen LogP contribution in [0.25, 0.3) is 0 Å². The maximum atomic E-state index is 11.0. The predicted molar refractivity (Wildman–Crippen MR) is 56.1 cm³/mol. The first kappa shape index (κ1) is 11.5. The summed E-state index contributed by atoms with van der Waals surface area (Å²) in [7, 11) is 1.45. The van der Waals surface area contributed by atoms with Gasteiger partial charge in [0.25, 0.3) is 0 Å². The van der Waals surface area contributed by atoms with Crippen LogP contribution < -0.4 is 0 Å². The van der Waals surface area contributed by atoms with Crippen molar-refractivity contribution in [2.24, 2.45) is 5.92 Å². The van der Waals surface area contributed by atoms with Gasteiger partial charge in [-0.05, 0) is 25.7 Å². The molecule has 0 spiro atoms. The predicted octanol–water partition coefficient (Wildman–Crippen LogP) is 1.67. The van der Waals surface area contributed by atoms with Crippen molar-refractivity contribution in [1.82, 2.24) is 4.90 Å². The lowest BCUT2D eigenvalue weighted by Gasteiger charge is -2.36. The number of hydrogen-bond donors (Lipinski definition) is 0. The Hall–Kier alpha value is -0.570. The molecular weight excluding hydrogens is 178 g/mol. The molecule has 14 heavy (non-hydrogen) atoms. The summed E-state index contributed by atoms with van der Waals surface area (Å²) in [6, 6.07) is 0.621. The summed E-state index contributed by atoms with van der Waals surface area (Å²) in [5, 5.41) is 0. The lowest BCUT2D eigenvalue weighted by molar-refractivity contribution is -0.141. The third-order valence-corrected chi connectivity index (χ3v) is 3.08. The number of methoxy groups -OCH3 is 1. The van der Waals surface area contributed by atoms with E-state index < -0.39 is 0 Å². The Bertz CT molecular complexity index is 194. The minimum Gasteiger partial charge on any atom is -0.469 e. The van der Waals surface area contributed by atoms with Gasteiger partial charge in [0.2, 0.25) is 0 Å². The zero-order chi connectivity index (χ0) is 10.6. The summed E-state index contributed by atoms with van der Waals surface area (Å²) in [5.41, 5.74) is 0. The van der Waals surface area contributed by atoms with Crippen LogP contribution in [0.1, 0.15) is 33.1 Å². The number of carbonyl (C=O) groups is 1. The quantitative estimate of drug-likeness (QED) is 0.648. The van der Waals surface area contributed by atoms with E-state index in [9.17, 15) is 4.79 Å². The number of rotatable bonds is 3. The molecule has 0 aliphatic carbocycles. The topological polar surface area (TPSA) is 29.5 Å². The molecule has 1 rings (SSSR count). The highest BCUT2D eigenvalue weighted by molar-refractivity contribution is 5.69. The van der Waals surface area contributed by atoms with Crippen LogP contribution in [0.4, 0.5) is 0 Å².